The van der Waals surface area contributed by atoms with Crippen molar-refractivity contribution in [2.24, 2.45) is 0 Å². The molecule has 3 aromatic rings. The van der Waals surface area contributed by atoms with Crippen molar-refractivity contribution in [1.29, 1.82) is 0 Å². The van der Waals surface area contributed by atoms with Crippen molar-refractivity contribution in [2.45, 2.75) is 19.1 Å². The second-order valence-corrected chi connectivity index (χ2v) is 7.84. The van der Waals surface area contributed by atoms with Crippen LogP contribution in [-0.4, -0.2) is 60.2 Å². The minimum absolute atomic E-state index is 0.0673. The van der Waals surface area contributed by atoms with E-state index in [4.69, 9.17) is 0 Å². The van der Waals surface area contributed by atoms with E-state index in [1.807, 2.05) is 50.2 Å². The number of aromatic nitrogens is 1. The highest BCUT2D eigenvalue weighted by Crippen LogP contribution is 2.26. The molecule has 0 unspecified atom stereocenters. The van der Waals surface area contributed by atoms with E-state index in [1.165, 1.54) is 12.1 Å². The summed E-state index contributed by atoms with van der Waals surface area (Å²) in [7, 11) is 3.91. The maximum absolute atomic E-state index is 14.0. The van der Waals surface area contributed by atoms with Crippen molar-refractivity contribution in [1.82, 2.24) is 9.88 Å². The Kier molecular flexibility index (Phi) is 5.02. The number of carbonyl (C=O) groups is 1. The lowest BCUT2D eigenvalue weighted by Crippen LogP contribution is -2.38. The number of aliphatic hydroxyl groups excluding tert-OH is 1. The van der Waals surface area contributed by atoms with Crippen molar-refractivity contribution in [3.8, 4) is 0 Å². The molecule has 0 saturated carbocycles. The molecule has 1 aromatic heterocycles. The van der Waals surface area contributed by atoms with Gasteiger partial charge in [0, 0.05) is 29.9 Å². The molecule has 0 spiro atoms. The molecular weight excluding hydrogens is 371 g/mol. The molecule has 2 atom stereocenters. The average molecular weight is 396 g/mol. The lowest BCUT2D eigenvalue weighted by Gasteiger charge is -2.22. The van der Waals surface area contributed by atoms with Crippen LogP contribution in [0.5, 0.6) is 0 Å². The van der Waals surface area contributed by atoms with Crippen LogP contribution in [0, 0.1) is 12.7 Å². The highest BCUT2D eigenvalue weighted by Gasteiger charge is 2.32. The summed E-state index contributed by atoms with van der Waals surface area (Å²) >= 11 is 0. The number of hydrogen-bond acceptors (Lipinski definition) is 4. The Labute approximate surface area is 168 Å². The number of β-amino-alcohol motifs (C(OH)–C–C–N with tert-alkyl or cyclic N) is 1. The van der Waals surface area contributed by atoms with Crippen LogP contribution in [0.15, 0.2) is 42.5 Å². The first-order valence-electron chi connectivity index (χ1n) is 9.62. The average Bonchev–Trinajstić information content (AvgIpc) is 3.30. The van der Waals surface area contributed by atoms with Crippen molar-refractivity contribution in [3.05, 3.63) is 59.5 Å². The van der Waals surface area contributed by atoms with Gasteiger partial charge in [-0.05, 0) is 56.9 Å². The van der Waals surface area contributed by atoms with Crippen LogP contribution >= 0.6 is 0 Å². The molecule has 4 rings (SSSR count). The van der Waals surface area contributed by atoms with Gasteiger partial charge in [-0.2, -0.15) is 0 Å². The normalized spacial score (nSPS) is 19.3. The summed E-state index contributed by atoms with van der Waals surface area (Å²) < 4.78 is 14.0. The fourth-order valence-corrected chi connectivity index (χ4v) is 3.91. The maximum atomic E-state index is 14.0. The number of likely N-dealkylation sites (N-methyl/N-ethyl adjacent to an activating group) is 1. The Morgan fingerprint density at radius 1 is 1.24 bits per heavy atom. The number of aliphatic hydroxyl groups is 1. The third kappa shape index (κ3) is 3.71. The Bertz CT molecular complexity index is 1020. The van der Waals surface area contributed by atoms with E-state index < -0.39 is 6.10 Å². The molecule has 2 heterocycles. The molecule has 0 bridgehead atoms. The molecule has 1 aliphatic rings. The van der Waals surface area contributed by atoms with Gasteiger partial charge in [-0.25, -0.2) is 4.39 Å². The number of nitrogens with zero attached hydrogens (tertiary/aromatic N) is 2. The van der Waals surface area contributed by atoms with Crippen molar-refractivity contribution in [3.63, 3.8) is 0 Å². The number of aryl methyl sites for hydroxylation is 1. The highest BCUT2D eigenvalue weighted by molar-refractivity contribution is 6.06. The second-order valence-electron chi connectivity index (χ2n) is 7.84. The summed E-state index contributed by atoms with van der Waals surface area (Å²) in [5.74, 6) is -0.685. The summed E-state index contributed by atoms with van der Waals surface area (Å²) in [4.78, 5) is 19.8. The molecule has 1 saturated heterocycles. The van der Waals surface area contributed by atoms with Crippen LogP contribution in [0.25, 0.3) is 10.9 Å². The number of H-pyrrole nitrogens is 1. The molecule has 29 heavy (non-hydrogen) atoms. The number of hydrogen-bond donors (Lipinski definition) is 3. The van der Waals surface area contributed by atoms with Gasteiger partial charge >= 0.3 is 0 Å². The molecule has 7 heteroatoms. The van der Waals surface area contributed by atoms with Crippen LogP contribution in [0.1, 0.15) is 16.1 Å². The van der Waals surface area contributed by atoms with Crippen LogP contribution in [0.4, 0.5) is 15.8 Å². The lowest BCUT2D eigenvalue weighted by atomic mass is 10.1. The third-order valence-corrected chi connectivity index (χ3v) is 5.59. The van der Waals surface area contributed by atoms with Crippen molar-refractivity contribution < 1.29 is 14.3 Å². The summed E-state index contributed by atoms with van der Waals surface area (Å²) in [6, 6.07) is 12.2. The van der Waals surface area contributed by atoms with E-state index in [0.29, 0.717) is 35.4 Å². The maximum Gasteiger partial charge on any atom is 0.272 e. The van der Waals surface area contributed by atoms with Gasteiger partial charge in [0.2, 0.25) is 0 Å². The van der Waals surface area contributed by atoms with Gasteiger partial charge in [0.1, 0.15) is 11.5 Å². The predicted octanol–water partition coefficient (Wildman–Crippen LogP) is 2.98. The topological polar surface area (TPSA) is 71.6 Å². The SMILES string of the molecule is Cc1ccc(F)c2cc(C(=O)Nc3cccc(N4C[C@H](O)[C@@H](N(C)C)C4)c3)[nH]c12. The number of aromatic amines is 1. The number of nitrogens with one attached hydrogen (secondary N) is 2. The predicted molar refractivity (Wildman–Crippen MR) is 113 cm³/mol. The zero-order chi connectivity index (χ0) is 20.7. The molecule has 6 nitrogen and oxygen atoms in total. The van der Waals surface area contributed by atoms with Gasteiger partial charge in [0.05, 0.1) is 17.7 Å². The molecule has 3 N–H and O–H groups in total. The first kappa shape index (κ1) is 19.4. The fourth-order valence-electron chi connectivity index (χ4n) is 3.91. The van der Waals surface area contributed by atoms with E-state index in [1.54, 1.807) is 6.07 Å². The monoisotopic (exact) mass is 396 g/mol. The lowest BCUT2D eigenvalue weighted by molar-refractivity contribution is 0.102. The number of carbonyl (C=O) groups excluding carboxylic acids is 1. The van der Waals surface area contributed by atoms with E-state index in [0.717, 1.165) is 11.3 Å². The minimum atomic E-state index is -0.423. The van der Waals surface area contributed by atoms with Crippen LogP contribution < -0.4 is 10.2 Å². The van der Waals surface area contributed by atoms with Gasteiger partial charge in [-0.1, -0.05) is 12.1 Å². The first-order valence-corrected chi connectivity index (χ1v) is 9.62. The third-order valence-electron chi connectivity index (χ3n) is 5.59. The Morgan fingerprint density at radius 3 is 2.72 bits per heavy atom. The van der Waals surface area contributed by atoms with E-state index in [9.17, 15) is 14.3 Å². The largest absolute Gasteiger partial charge is 0.390 e. The first-order chi connectivity index (χ1) is 13.8. The number of rotatable bonds is 4. The Hall–Kier alpha value is -2.90. The number of amides is 1. The van der Waals surface area contributed by atoms with Gasteiger partial charge in [-0.3, -0.25) is 4.79 Å². The summed E-state index contributed by atoms with van der Waals surface area (Å²) in [5, 5.41) is 13.6. The molecule has 2 aromatic carbocycles. The van der Waals surface area contributed by atoms with Gasteiger partial charge < -0.3 is 25.2 Å². The standard InChI is InChI=1S/C22H25FN4O2/c1-13-7-8-17(23)16-10-18(25-21(13)16)22(29)24-14-5-4-6-15(9-14)27-11-19(26(2)3)20(28)12-27/h4-10,19-20,25,28H,11-12H2,1-3H3,(H,24,29)/t19-,20-/m0/s1. The Balaban J connectivity index is 1.53. The highest BCUT2D eigenvalue weighted by atomic mass is 19.1. The molecule has 152 valence electrons. The molecule has 1 aliphatic heterocycles. The van der Waals surface area contributed by atoms with Gasteiger partial charge in [0.15, 0.2) is 0 Å². The summed E-state index contributed by atoms with van der Waals surface area (Å²) in [6.07, 6.45) is -0.423. The van der Waals surface area contributed by atoms with Crippen LogP contribution in [-0.2, 0) is 0 Å². The zero-order valence-electron chi connectivity index (χ0n) is 16.7. The van der Waals surface area contributed by atoms with Crippen LogP contribution in [0.3, 0.4) is 0 Å². The quantitative estimate of drug-likeness (QED) is 0.634. The molecule has 1 fully saturated rings. The number of fused-ring (bicyclic) bond motifs is 1. The Morgan fingerprint density at radius 2 is 2.03 bits per heavy atom. The second kappa shape index (κ2) is 7.50. The number of anilines is 2. The fraction of sp³-hybridized carbons (Fsp3) is 0.318. The van der Waals surface area contributed by atoms with Gasteiger partial charge in [0.25, 0.3) is 5.91 Å². The smallest absolute Gasteiger partial charge is 0.272 e. The zero-order valence-corrected chi connectivity index (χ0v) is 16.7. The molecule has 0 radical (unpaired) electrons. The van der Waals surface area contributed by atoms with E-state index in [-0.39, 0.29) is 17.8 Å². The van der Waals surface area contributed by atoms with Crippen molar-refractivity contribution >= 4 is 28.2 Å². The summed E-state index contributed by atoms with van der Waals surface area (Å²) in [6.45, 7) is 3.13. The number of benzene rings is 2. The van der Waals surface area contributed by atoms with E-state index in [2.05, 4.69) is 15.2 Å². The van der Waals surface area contributed by atoms with Gasteiger partial charge in [-0.15, -0.1) is 0 Å². The minimum Gasteiger partial charge on any atom is -0.390 e. The molecule has 1 amide bonds. The van der Waals surface area contributed by atoms with Crippen LogP contribution in [0.2, 0.25) is 0 Å². The van der Waals surface area contributed by atoms with E-state index >= 15 is 0 Å². The number of halogens is 1. The van der Waals surface area contributed by atoms with Crippen molar-refractivity contribution in [2.75, 3.05) is 37.4 Å². The molecular formula is C22H25FN4O2. The molecule has 0 aliphatic carbocycles. The summed E-state index contributed by atoms with van der Waals surface area (Å²) in [5.41, 5.74) is 3.40.